The molecule has 160 valence electrons. The van der Waals surface area contributed by atoms with Crippen LogP contribution in [0.15, 0.2) is 61.1 Å². The van der Waals surface area contributed by atoms with Gasteiger partial charge >= 0.3 is 0 Å². The topological polar surface area (TPSA) is 97.3 Å². The molecule has 1 atom stereocenters. The molecule has 5 aromatic rings. The van der Waals surface area contributed by atoms with E-state index in [1.165, 1.54) is 0 Å². The van der Waals surface area contributed by atoms with Crippen molar-refractivity contribution in [3.8, 4) is 22.6 Å². The highest BCUT2D eigenvalue weighted by molar-refractivity contribution is 5.77. The number of rotatable bonds is 4. The van der Waals surface area contributed by atoms with Gasteiger partial charge in [0.1, 0.15) is 17.6 Å². The molecular weight excluding hydrogens is 416 g/mol. The number of anilines is 1. The fraction of sp³-hybridized carbons (Fsp3) is 0.190. The quantitative estimate of drug-likeness (QED) is 0.450. The maximum absolute atomic E-state index is 14.0. The standard InChI is InChI=1S/C21H17F2N9/c22-21(23)12-24-11-18(21)29-19-5-1-3-15(28-19)17-10-25-20-7-6-14(30-31(17)20)13-9-27-32-16(13)4-2-8-26-32/h1-10,18,24H,11-12H2,(H,28,29). The Labute approximate surface area is 180 Å². The van der Waals surface area contributed by atoms with Gasteiger partial charge in [0.15, 0.2) is 5.65 Å². The predicted octanol–water partition coefficient (Wildman–Crippen LogP) is 2.52. The number of imidazole rings is 1. The Bertz CT molecular complexity index is 1440. The van der Waals surface area contributed by atoms with E-state index in [2.05, 4.69) is 30.8 Å². The monoisotopic (exact) mass is 433 g/mol. The van der Waals surface area contributed by atoms with Crippen LogP contribution in [0.1, 0.15) is 0 Å². The molecular formula is C21H17F2N9. The summed E-state index contributed by atoms with van der Waals surface area (Å²) in [7, 11) is 0. The largest absolute Gasteiger partial charge is 0.360 e. The van der Waals surface area contributed by atoms with Crippen molar-refractivity contribution in [3.05, 3.63) is 61.1 Å². The van der Waals surface area contributed by atoms with Gasteiger partial charge in [-0.05, 0) is 36.4 Å². The summed E-state index contributed by atoms with van der Waals surface area (Å²) in [5, 5.41) is 18.8. The predicted molar refractivity (Wildman–Crippen MR) is 113 cm³/mol. The van der Waals surface area contributed by atoms with Gasteiger partial charge in [0.2, 0.25) is 0 Å². The number of pyridine rings is 1. The first-order valence-corrected chi connectivity index (χ1v) is 10.1. The normalized spacial score (nSPS) is 17.9. The Kier molecular flexibility index (Phi) is 4.12. The molecule has 0 aliphatic carbocycles. The average molecular weight is 433 g/mol. The fourth-order valence-electron chi connectivity index (χ4n) is 3.87. The Hall–Kier alpha value is -3.99. The van der Waals surface area contributed by atoms with Crippen molar-refractivity contribution in [2.45, 2.75) is 12.0 Å². The minimum atomic E-state index is -2.83. The number of alkyl halides is 2. The summed E-state index contributed by atoms with van der Waals surface area (Å²) in [6.45, 7) is -0.169. The number of hydrogen-bond acceptors (Lipinski definition) is 7. The Morgan fingerprint density at radius 2 is 1.97 bits per heavy atom. The molecule has 32 heavy (non-hydrogen) atoms. The van der Waals surface area contributed by atoms with Gasteiger partial charge in [-0.1, -0.05) is 6.07 Å². The molecule has 6 heterocycles. The molecule has 0 bridgehead atoms. The van der Waals surface area contributed by atoms with E-state index in [0.29, 0.717) is 28.5 Å². The zero-order chi connectivity index (χ0) is 21.7. The number of nitrogens with one attached hydrogen (secondary N) is 2. The third-order valence-corrected chi connectivity index (χ3v) is 5.49. The lowest BCUT2D eigenvalue weighted by atomic mass is 10.2. The molecule has 1 aliphatic rings. The van der Waals surface area contributed by atoms with E-state index in [1.807, 2.05) is 24.3 Å². The molecule has 6 rings (SSSR count). The second-order valence-electron chi connectivity index (χ2n) is 7.59. The van der Waals surface area contributed by atoms with Crippen LogP contribution in [0.5, 0.6) is 0 Å². The van der Waals surface area contributed by atoms with Gasteiger partial charge in [-0.15, -0.1) is 0 Å². The third kappa shape index (κ3) is 3.05. The molecule has 9 nitrogen and oxygen atoms in total. The van der Waals surface area contributed by atoms with E-state index in [1.54, 1.807) is 45.9 Å². The first kappa shape index (κ1) is 18.8. The molecule has 0 saturated carbocycles. The molecule has 1 aliphatic heterocycles. The average Bonchev–Trinajstić information content (AvgIpc) is 3.50. The van der Waals surface area contributed by atoms with Gasteiger partial charge in [-0.2, -0.15) is 19.9 Å². The smallest absolute Gasteiger partial charge is 0.281 e. The highest BCUT2D eigenvalue weighted by atomic mass is 19.3. The summed E-state index contributed by atoms with van der Waals surface area (Å²) >= 11 is 0. The van der Waals surface area contributed by atoms with Gasteiger partial charge < -0.3 is 10.6 Å². The maximum Gasteiger partial charge on any atom is 0.281 e. The van der Waals surface area contributed by atoms with Crippen LogP contribution in [-0.4, -0.2) is 59.5 Å². The summed E-state index contributed by atoms with van der Waals surface area (Å²) in [5.41, 5.74) is 4.23. The Morgan fingerprint density at radius 3 is 2.84 bits per heavy atom. The molecule has 1 saturated heterocycles. The van der Waals surface area contributed by atoms with E-state index in [-0.39, 0.29) is 13.1 Å². The van der Waals surface area contributed by atoms with Crippen LogP contribution in [-0.2, 0) is 0 Å². The van der Waals surface area contributed by atoms with Crippen molar-refractivity contribution in [1.82, 2.24) is 39.7 Å². The van der Waals surface area contributed by atoms with Crippen LogP contribution in [0.25, 0.3) is 33.8 Å². The lowest BCUT2D eigenvalue weighted by Gasteiger charge is -2.19. The third-order valence-electron chi connectivity index (χ3n) is 5.49. The minimum absolute atomic E-state index is 0.175. The number of hydrogen-bond donors (Lipinski definition) is 2. The highest BCUT2D eigenvalue weighted by Gasteiger charge is 2.44. The van der Waals surface area contributed by atoms with E-state index >= 15 is 0 Å². The summed E-state index contributed by atoms with van der Waals surface area (Å²) in [5.74, 6) is -2.46. The summed E-state index contributed by atoms with van der Waals surface area (Å²) in [6.07, 6.45) is 5.05. The van der Waals surface area contributed by atoms with Crippen LogP contribution < -0.4 is 10.6 Å². The molecule has 0 aromatic carbocycles. The number of halogens is 2. The molecule has 0 radical (unpaired) electrons. The lowest BCUT2D eigenvalue weighted by molar-refractivity contribution is 0.0138. The molecule has 1 unspecified atom stereocenters. The Balaban J connectivity index is 1.39. The SMILES string of the molecule is FC1(F)CNCC1Nc1cccc(-c2cnc3ccc(-c4cnn5ncccc45)nn23)n1. The molecule has 11 heteroatoms. The van der Waals surface area contributed by atoms with Gasteiger partial charge in [-0.3, -0.25) is 0 Å². The van der Waals surface area contributed by atoms with E-state index in [9.17, 15) is 8.78 Å². The van der Waals surface area contributed by atoms with Crippen molar-refractivity contribution in [1.29, 1.82) is 0 Å². The summed E-state index contributed by atoms with van der Waals surface area (Å²) in [4.78, 5) is 8.95. The molecule has 2 N–H and O–H groups in total. The number of aromatic nitrogens is 7. The number of fused-ring (bicyclic) bond motifs is 2. The highest BCUT2D eigenvalue weighted by Crippen LogP contribution is 2.27. The van der Waals surface area contributed by atoms with Crippen LogP contribution in [0.2, 0.25) is 0 Å². The first-order valence-electron chi connectivity index (χ1n) is 10.1. The summed E-state index contributed by atoms with van der Waals surface area (Å²) < 4.78 is 31.2. The zero-order valence-electron chi connectivity index (χ0n) is 16.7. The molecule has 0 spiro atoms. The van der Waals surface area contributed by atoms with Crippen molar-refractivity contribution >= 4 is 17.0 Å². The maximum atomic E-state index is 14.0. The van der Waals surface area contributed by atoms with Crippen molar-refractivity contribution in [2.75, 3.05) is 18.4 Å². The second-order valence-corrected chi connectivity index (χ2v) is 7.59. The van der Waals surface area contributed by atoms with E-state index in [0.717, 1.165) is 11.1 Å². The lowest BCUT2D eigenvalue weighted by Crippen LogP contribution is -2.38. The number of nitrogens with zero attached hydrogens (tertiary/aromatic N) is 7. The van der Waals surface area contributed by atoms with Crippen LogP contribution in [0.3, 0.4) is 0 Å². The van der Waals surface area contributed by atoms with E-state index in [4.69, 9.17) is 5.10 Å². The van der Waals surface area contributed by atoms with Gasteiger partial charge in [-0.25, -0.2) is 23.3 Å². The van der Waals surface area contributed by atoms with Gasteiger partial charge in [0.05, 0.1) is 35.8 Å². The second kappa shape index (κ2) is 7.02. The zero-order valence-corrected chi connectivity index (χ0v) is 16.7. The fourth-order valence-corrected chi connectivity index (χ4v) is 3.87. The van der Waals surface area contributed by atoms with E-state index < -0.39 is 12.0 Å². The Morgan fingerprint density at radius 1 is 1.03 bits per heavy atom. The molecule has 1 fully saturated rings. The van der Waals surface area contributed by atoms with Crippen molar-refractivity contribution in [2.24, 2.45) is 0 Å². The summed E-state index contributed by atoms with van der Waals surface area (Å²) in [6, 6.07) is 11.7. The van der Waals surface area contributed by atoms with Gasteiger partial charge in [0.25, 0.3) is 5.92 Å². The van der Waals surface area contributed by atoms with Crippen LogP contribution in [0, 0.1) is 0 Å². The first-order chi connectivity index (χ1) is 15.6. The van der Waals surface area contributed by atoms with Gasteiger partial charge in [0, 0.05) is 18.3 Å². The molecule has 0 amide bonds. The van der Waals surface area contributed by atoms with Crippen molar-refractivity contribution < 1.29 is 8.78 Å². The molecule has 5 aromatic heterocycles. The van der Waals surface area contributed by atoms with Crippen LogP contribution >= 0.6 is 0 Å². The van der Waals surface area contributed by atoms with Crippen molar-refractivity contribution in [3.63, 3.8) is 0 Å². The van der Waals surface area contributed by atoms with Crippen LogP contribution in [0.4, 0.5) is 14.6 Å². The minimum Gasteiger partial charge on any atom is -0.360 e.